The van der Waals surface area contributed by atoms with Crippen molar-refractivity contribution in [2.45, 2.75) is 19.9 Å². The highest BCUT2D eigenvalue weighted by Gasteiger charge is 2.36. The Morgan fingerprint density at radius 3 is 2.53 bits per heavy atom. The molecule has 1 aliphatic rings. The predicted molar refractivity (Wildman–Crippen MR) is 134 cm³/mol. The van der Waals surface area contributed by atoms with E-state index in [4.69, 9.17) is 23.2 Å². The fraction of sp³-hybridized carbons (Fsp3) is 0.192. The van der Waals surface area contributed by atoms with E-state index in [9.17, 15) is 14.4 Å². The number of amides is 3. The molecule has 3 aromatic rings. The molecule has 2 N–H and O–H groups in total. The number of nitrogens with one attached hydrogen (secondary N) is 2. The van der Waals surface area contributed by atoms with Crippen LogP contribution in [0.4, 0.5) is 11.4 Å². The molecule has 1 heterocycles. The Bertz CT molecular complexity index is 1260. The molecule has 0 spiro atoms. The summed E-state index contributed by atoms with van der Waals surface area (Å²) in [5, 5.41) is 6.34. The van der Waals surface area contributed by atoms with Crippen molar-refractivity contribution < 1.29 is 14.4 Å². The molecule has 0 aromatic heterocycles. The van der Waals surface area contributed by atoms with E-state index in [1.807, 2.05) is 31.2 Å². The average Bonchev–Trinajstić information content (AvgIpc) is 3.22. The van der Waals surface area contributed by atoms with Crippen LogP contribution in [0.15, 0.2) is 66.7 Å². The third-order valence-electron chi connectivity index (χ3n) is 5.85. The molecule has 174 valence electrons. The lowest BCUT2D eigenvalue weighted by atomic mass is 10.1. The molecule has 6 nitrogen and oxygen atoms in total. The summed E-state index contributed by atoms with van der Waals surface area (Å²) >= 11 is 12.3. The van der Waals surface area contributed by atoms with Crippen molar-refractivity contribution in [2.75, 3.05) is 16.8 Å². The molecule has 34 heavy (non-hydrogen) atoms. The van der Waals surface area contributed by atoms with Gasteiger partial charge in [-0.05, 0) is 42.3 Å². The van der Waals surface area contributed by atoms with Crippen molar-refractivity contribution in [3.63, 3.8) is 0 Å². The van der Waals surface area contributed by atoms with Crippen LogP contribution in [0.3, 0.4) is 0 Å². The zero-order valence-corrected chi connectivity index (χ0v) is 20.0. The van der Waals surface area contributed by atoms with Gasteiger partial charge in [0.1, 0.15) is 0 Å². The predicted octanol–water partition coefficient (Wildman–Crippen LogP) is 5.22. The van der Waals surface area contributed by atoms with Gasteiger partial charge >= 0.3 is 0 Å². The molecule has 0 radical (unpaired) electrons. The molecule has 0 saturated carbocycles. The molecule has 1 saturated heterocycles. The average molecular weight is 496 g/mol. The van der Waals surface area contributed by atoms with Crippen molar-refractivity contribution in [3.05, 3.63) is 93.5 Å². The fourth-order valence-electron chi connectivity index (χ4n) is 3.92. The fourth-order valence-corrected chi connectivity index (χ4v) is 4.32. The van der Waals surface area contributed by atoms with Crippen LogP contribution in [0.5, 0.6) is 0 Å². The van der Waals surface area contributed by atoms with Crippen LogP contribution in [-0.2, 0) is 16.1 Å². The molecule has 1 fully saturated rings. The summed E-state index contributed by atoms with van der Waals surface area (Å²) in [6.07, 6.45) is 0.0380. The number of carbonyl (C=O) groups is 3. The van der Waals surface area contributed by atoms with Crippen LogP contribution < -0.4 is 15.5 Å². The van der Waals surface area contributed by atoms with E-state index >= 15 is 0 Å². The van der Waals surface area contributed by atoms with E-state index < -0.39 is 5.92 Å². The van der Waals surface area contributed by atoms with Crippen molar-refractivity contribution in [3.8, 4) is 0 Å². The highest BCUT2D eigenvalue weighted by atomic mass is 35.5. The molecule has 3 aromatic carbocycles. The Morgan fingerprint density at radius 1 is 1.00 bits per heavy atom. The van der Waals surface area contributed by atoms with Gasteiger partial charge in [-0.25, -0.2) is 0 Å². The molecular formula is C26H23Cl2N3O3. The van der Waals surface area contributed by atoms with Crippen LogP contribution >= 0.6 is 23.2 Å². The number of para-hydroxylation sites is 1. The zero-order chi connectivity index (χ0) is 24.2. The van der Waals surface area contributed by atoms with E-state index in [1.54, 1.807) is 42.5 Å². The minimum atomic E-state index is -0.592. The van der Waals surface area contributed by atoms with E-state index in [-0.39, 0.29) is 35.7 Å². The van der Waals surface area contributed by atoms with Crippen LogP contribution in [0.1, 0.15) is 27.9 Å². The lowest BCUT2D eigenvalue weighted by molar-refractivity contribution is -0.122. The third kappa shape index (κ3) is 5.08. The van der Waals surface area contributed by atoms with Gasteiger partial charge in [0.2, 0.25) is 11.8 Å². The van der Waals surface area contributed by atoms with Gasteiger partial charge in [0.05, 0.1) is 32.9 Å². The molecule has 1 atom stereocenters. The molecular weight excluding hydrogens is 473 g/mol. The minimum absolute atomic E-state index is 0.0380. The van der Waals surface area contributed by atoms with E-state index in [0.717, 1.165) is 11.1 Å². The van der Waals surface area contributed by atoms with Crippen molar-refractivity contribution >= 4 is 52.3 Å². The summed E-state index contributed by atoms with van der Waals surface area (Å²) in [5.41, 5.74) is 3.32. The number of benzene rings is 3. The number of aryl methyl sites for hydroxylation is 1. The number of carbonyl (C=O) groups excluding carboxylic acids is 3. The Labute approximate surface area is 207 Å². The minimum Gasteiger partial charge on any atom is -0.348 e. The quantitative estimate of drug-likeness (QED) is 0.491. The van der Waals surface area contributed by atoms with Crippen LogP contribution in [-0.4, -0.2) is 24.3 Å². The van der Waals surface area contributed by atoms with Gasteiger partial charge in [0.15, 0.2) is 0 Å². The van der Waals surface area contributed by atoms with Gasteiger partial charge in [-0.2, -0.15) is 0 Å². The Kier molecular flexibility index (Phi) is 7.20. The highest BCUT2D eigenvalue weighted by molar-refractivity contribution is 6.44. The zero-order valence-electron chi connectivity index (χ0n) is 18.5. The van der Waals surface area contributed by atoms with Gasteiger partial charge in [0.25, 0.3) is 5.91 Å². The van der Waals surface area contributed by atoms with E-state index in [1.165, 1.54) is 4.90 Å². The van der Waals surface area contributed by atoms with Crippen molar-refractivity contribution in [2.24, 2.45) is 5.92 Å². The van der Waals surface area contributed by atoms with Crippen molar-refractivity contribution in [1.29, 1.82) is 0 Å². The Morgan fingerprint density at radius 2 is 1.74 bits per heavy atom. The van der Waals surface area contributed by atoms with E-state index in [0.29, 0.717) is 28.5 Å². The standard InChI is InChI=1S/C26H23Cl2N3O3/c1-16-7-2-3-8-17(16)14-29-26(34)19-9-4-5-11-21(19)30-25(33)18-13-23(32)31(15-18)22-12-6-10-20(27)24(22)28/h2-12,18H,13-15H2,1H3,(H,29,34)(H,30,33)/t18-/m1/s1. The summed E-state index contributed by atoms with van der Waals surface area (Å²) in [4.78, 5) is 39.9. The third-order valence-corrected chi connectivity index (χ3v) is 6.66. The summed E-state index contributed by atoms with van der Waals surface area (Å²) in [7, 11) is 0. The van der Waals surface area contributed by atoms with Gasteiger partial charge < -0.3 is 15.5 Å². The first kappa shape index (κ1) is 23.8. The van der Waals surface area contributed by atoms with Gasteiger partial charge in [-0.3, -0.25) is 14.4 Å². The SMILES string of the molecule is Cc1ccccc1CNC(=O)c1ccccc1NC(=O)[C@@H]1CC(=O)N(c2cccc(Cl)c2Cl)C1. The molecule has 3 amide bonds. The van der Waals surface area contributed by atoms with Crippen LogP contribution in [0.2, 0.25) is 10.0 Å². The number of hydrogen-bond donors (Lipinski definition) is 2. The number of nitrogens with zero attached hydrogens (tertiary/aromatic N) is 1. The maximum absolute atomic E-state index is 13.0. The number of halogens is 2. The summed E-state index contributed by atoms with van der Waals surface area (Å²) in [6, 6.07) is 19.6. The summed E-state index contributed by atoms with van der Waals surface area (Å²) in [6.45, 7) is 2.53. The van der Waals surface area contributed by atoms with Gasteiger partial charge in [-0.1, -0.05) is 65.7 Å². The Balaban J connectivity index is 1.45. The normalized spacial score (nSPS) is 15.3. The molecule has 0 aliphatic carbocycles. The molecule has 0 bridgehead atoms. The van der Waals surface area contributed by atoms with Gasteiger partial charge in [0, 0.05) is 19.5 Å². The lowest BCUT2D eigenvalue weighted by Crippen LogP contribution is -2.29. The molecule has 8 heteroatoms. The highest BCUT2D eigenvalue weighted by Crippen LogP contribution is 2.36. The summed E-state index contributed by atoms with van der Waals surface area (Å²) < 4.78 is 0. The monoisotopic (exact) mass is 495 g/mol. The van der Waals surface area contributed by atoms with Crippen LogP contribution in [0.25, 0.3) is 0 Å². The lowest BCUT2D eigenvalue weighted by Gasteiger charge is -2.19. The van der Waals surface area contributed by atoms with Crippen molar-refractivity contribution in [1.82, 2.24) is 5.32 Å². The maximum Gasteiger partial charge on any atom is 0.253 e. The number of anilines is 2. The first-order valence-corrected chi connectivity index (χ1v) is 11.6. The van der Waals surface area contributed by atoms with Gasteiger partial charge in [-0.15, -0.1) is 0 Å². The molecule has 0 unspecified atom stereocenters. The first-order chi connectivity index (χ1) is 16.3. The molecule has 1 aliphatic heterocycles. The molecule has 4 rings (SSSR count). The first-order valence-electron chi connectivity index (χ1n) is 10.8. The largest absolute Gasteiger partial charge is 0.348 e. The topological polar surface area (TPSA) is 78.5 Å². The number of rotatable bonds is 6. The second-order valence-corrected chi connectivity index (χ2v) is 8.91. The smallest absolute Gasteiger partial charge is 0.253 e. The second-order valence-electron chi connectivity index (χ2n) is 8.12. The number of hydrogen-bond acceptors (Lipinski definition) is 3. The Hall–Kier alpha value is -3.35. The summed E-state index contributed by atoms with van der Waals surface area (Å²) in [5.74, 6) is -1.44. The second kappa shape index (κ2) is 10.3. The van der Waals surface area contributed by atoms with Crippen LogP contribution in [0, 0.1) is 12.8 Å². The maximum atomic E-state index is 13.0. The van der Waals surface area contributed by atoms with E-state index in [2.05, 4.69) is 10.6 Å².